The zero-order valence-electron chi connectivity index (χ0n) is 11.2. The van der Waals surface area contributed by atoms with Crippen LogP contribution in [0.4, 0.5) is 11.8 Å². The fraction of sp³-hybridized carbons (Fsp3) is 0.583. The molecular weight excluding hydrogens is 260 g/mol. The van der Waals surface area contributed by atoms with Gasteiger partial charge >= 0.3 is 0 Å². The zero-order chi connectivity index (χ0) is 13.2. The molecule has 1 atom stereocenters. The Labute approximate surface area is 116 Å². The number of aromatic nitrogens is 4. The maximum absolute atomic E-state index is 4.64. The molecule has 1 saturated heterocycles. The van der Waals surface area contributed by atoms with Crippen molar-refractivity contribution in [2.45, 2.75) is 19.4 Å². The third-order valence-corrected chi connectivity index (χ3v) is 4.56. The minimum atomic E-state index is 0.549. The molecule has 1 fully saturated rings. The Hall–Kier alpha value is -1.50. The summed E-state index contributed by atoms with van der Waals surface area (Å²) >= 11 is 2.00. The molecule has 0 aliphatic carbocycles. The number of H-pyrrole nitrogens is 1. The Bertz CT molecular complexity index is 562. The first-order valence-corrected chi connectivity index (χ1v) is 7.70. The predicted molar refractivity (Wildman–Crippen MR) is 80.0 cm³/mol. The van der Waals surface area contributed by atoms with Crippen molar-refractivity contribution in [1.82, 2.24) is 20.2 Å². The third kappa shape index (κ3) is 2.34. The molecule has 2 aromatic heterocycles. The second kappa shape index (κ2) is 5.24. The van der Waals surface area contributed by atoms with Crippen LogP contribution in [0.5, 0.6) is 0 Å². The smallest absolute Gasteiger partial charge is 0.226 e. The van der Waals surface area contributed by atoms with E-state index in [-0.39, 0.29) is 0 Å². The Kier molecular flexibility index (Phi) is 3.46. The predicted octanol–water partition coefficient (Wildman–Crippen LogP) is 1.73. The number of hydrogen-bond acceptors (Lipinski definition) is 6. The molecule has 0 bridgehead atoms. The van der Waals surface area contributed by atoms with Crippen molar-refractivity contribution < 1.29 is 0 Å². The topological polar surface area (TPSA) is 69.7 Å². The Morgan fingerprint density at radius 3 is 3.16 bits per heavy atom. The summed E-state index contributed by atoms with van der Waals surface area (Å²) in [7, 11) is 2.11. The van der Waals surface area contributed by atoms with Gasteiger partial charge in [-0.05, 0) is 19.1 Å². The molecule has 0 aromatic carbocycles. The quantitative estimate of drug-likeness (QED) is 0.887. The summed E-state index contributed by atoms with van der Waals surface area (Å²) in [5, 5.41) is 11.2. The van der Waals surface area contributed by atoms with Gasteiger partial charge in [-0.3, -0.25) is 5.10 Å². The fourth-order valence-corrected chi connectivity index (χ4v) is 3.59. The van der Waals surface area contributed by atoms with E-state index in [1.165, 1.54) is 12.2 Å². The van der Waals surface area contributed by atoms with Crippen LogP contribution in [0.1, 0.15) is 13.3 Å². The fourth-order valence-electron chi connectivity index (χ4n) is 2.33. The van der Waals surface area contributed by atoms with E-state index in [1.807, 2.05) is 18.7 Å². The van der Waals surface area contributed by atoms with Crippen molar-refractivity contribution >= 4 is 34.6 Å². The van der Waals surface area contributed by atoms with Gasteiger partial charge in [0, 0.05) is 25.4 Å². The van der Waals surface area contributed by atoms with Crippen LogP contribution in [0.15, 0.2) is 6.20 Å². The third-order valence-electron chi connectivity index (χ3n) is 3.41. The molecule has 1 aliphatic heterocycles. The lowest BCUT2D eigenvalue weighted by Gasteiger charge is -2.25. The van der Waals surface area contributed by atoms with Crippen LogP contribution in [0.3, 0.4) is 0 Å². The van der Waals surface area contributed by atoms with Gasteiger partial charge < -0.3 is 10.2 Å². The van der Waals surface area contributed by atoms with Crippen LogP contribution in [0.2, 0.25) is 0 Å². The van der Waals surface area contributed by atoms with E-state index < -0.39 is 0 Å². The number of rotatable bonds is 4. The number of nitrogens with zero attached hydrogens (tertiary/aromatic N) is 4. The second-order valence-electron chi connectivity index (χ2n) is 4.66. The highest BCUT2D eigenvalue weighted by atomic mass is 32.2. The summed E-state index contributed by atoms with van der Waals surface area (Å²) in [6, 6.07) is 0.549. The van der Waals surface area contributed by atoms with Gasteiger partial charge in [0.1, 0.15) is 5.82 Å². The van der Waals surface area contributed by atoms with E-state index in [0.29, 0.717) is 12.0 Å². The van der Waals surface area contributed by atoms with Crippen LogP contribution in [-0.2, 0) is 0 Å². The van der Waals surface area contributed by atoms with Crippen molar-refractivity contribution in [3.63, 3.8) is 0 Å². The largest absolute Gasteiger partial charge is 0.355 e. The lowest BCUT2D eigenvalue weighted by atomic mass is 10.2. The molecule has 3 heterocycles. The molecule has 102 valence electrons. The Balaban J connectivity index is 2.01. The normalized spacial score (nSPS) is 18.9. The summed E-state index contributed by atoms with van der Waals surface area (Å²) in [6.45, 7) is 2.85. The van der Waals surface area contributed by atoms with Gasteiger partial charge in [0.05, 0.1) is 11.6 Å². The molecule has 2 aromatic rings. The summed E-state index contributed by atoms with van der Waals surface area (Å²) in [6.07, 6.45) is 3.01. The van der Waals surface area contributed by atoms with Gasteiger partial charge in [0.15, 0.2) is 5.65 Å². The van der Waals surface area contributed by atoms with E-state index in [1.54, 1.807) is 6.20 Å². The number of hydrogen-bond donors (Lipinski definition) is 2. The van der Waals surface area contributed by atoms with Gasteiger partial charge in [-0.1, -0.05) is 0 Å². The number of fused-ring (bicyclic) bond motifs is 1. The van der Waals surface area contributed by atoms with E-state index >= 15 is 0 Å². The highest BCUT2D eigenvalue weighted by Gasteiger charge is 2.23. The van der Waals surface area contributed by atoms with Crippen molar-refractivity contribution in [2.24, 2.45) is 0 Å². The van der Waals surface area contributed by atoms with E-state index in [4.69, 9.17) is 0 Å². The molecule has 19 heavy (non-hydrogen) atoms. The summed E-state index contributed by atoms with van der Waals surface area (Å²) in [5.74, 6) is 4.01. The van der Waals surface area contributed by atoms with Crippen LogP contribution in [-0.4, -0.2) is 51.3 Å². The van der Waals surface area contributed by atoms with Crippen LogP contribution < -0.4 is 10.2 Å². The first-order valence-electron chi connectivity index (χ1n) is 6.55. The first-order chi connectivity index (χ1) is 9.29. The monoisotopic (exact) mass is 278 g/mol. The summed E-state index contributed by atoms with van der Waals surface area (Å²) in [5.41, 5.74) is 0.790. The minimum Gasteiger partial charge on any atom is -0.355 e. The van der Waals surface area contributed by atoms with Gasteiger partial charge in [0.25, 0.3) is 0 Å². The molecule has 7 heteroatoms. The van der Waals surface area contributed by atoms with E-state index in [0.717, 1.165) is 29.1 Å². The summed E-state index contributed by atoms with van der Waals surface area (Å²) < 4.78 is 0. The number of anilines is 2. The van der Waals surface area contributed by atoms with Crippen LogP contribution in [0, 0.1) is 0 Å². The molecule has 0 radical (unpaired) electrons. The van der Waals surface area contributed by atoms with Gasteiger partial charge in [-0.25, -0.2) is 0 Å². The second-order valence-corrected chi connectivity index (χ2v) is 5.81. The zero-order valence-corrected chi connectivity index (χ0v) is 12.0. The van der Waals surface area contributed by atoms with Gasteiger partial charge in [-0.15, -0.1) is 0 Å². The molecule has 6 nitrogen and oxygen atoms in total. The molecule has 3 rings (SSSR count). The van der Waals surface area contributed by atoms with E-state index in [9.17, 15) is 0 Å². The highest BCUT2D eigenvalue weighted by molar-refractivity contribution is 7.99. The van der Waals surface area contributed by atoms with Crippen molar-refractivity contribution in [2.75, 3.05) is 35.3 Å². The lowest BCUT2D eigenvalue weighted by molar-refractivity contribution is 0.694. The SMILES string of the molecule is CCNc1nc(N(C)C2CCSC2)c2cn[nH]c2n1. The molecule has 0 spiro atoms. The molecule has 1 aliphatic rings. The first kappa shape index (κ1) is 12.5. The van der Waals surface area contributed by atoms with Crippen molar-refractivity contribution in [3.05, 3.63) is 6.20 Å². The van der Waals surface area contributed by atoms with Gasteiger partial charge in [0.2, 0.25) is 5.95 Å². The minimum absolute atomic E-state index is 0.549. The number of thioether (sulfide) groups is 1. The van der Waals surface area contributed by atoms with E-state index in [2.05, 4.69) is 37.4 Å². The maximum atomic E-state index is 4.64. The van der Waals surface area contributed by atoms with Crippen LogP contribution in [0.25, 0.3) is 11.0 Å². The van der Waals surface area contributed by atoms with Crippen LogP contribution >= 0.6 is 11.8 Å². The molecule has 2 N–H and O–H groups in total. The Morgan fingerprint density at radius 1 is 1.53 bits per heavy atom. The number of nitrogens with one attached hydrogen (secondary N) is 2. The molecule has 0 amide bonds. The van der Waals surface area contributed by atoms with Crippen molar-refractivity contribution in [1.29, 1.82) is 0 Å². The van der Waals surface area contributed by atoms with Crippen molar-refractivity contribution in [3.8, 4) is 0 Å². The maximum Gasteiger partial charge on any atom is 0.226 e. The molecule has 1 unspecified atom stereocenters. The lowest BCUT2D eigenvalue weighted by Crippen LogP contribution is -2.32. The van der Waals surface area contributed by atoms with Gasteiger partial charge in [-0.2, -0.15) is 26.8 Å². The molecular formula is C12H18N6S. The Morgan fingerprint density at radius 2 is 2.42 bits per heavy atom. The average Bonchev–Trinajstić information content (AvgIpc) is 3.08. The summed E-state index contributed by atoms with van der Waals surface area (Å²) in [4.78, 5) is 11.3. The standard InChI is InChI=1S/C12H18N6S/c1-3-13-12-15-10-9(6-14-17-10)11(16-12)18(2)8-4-5-19-7-8/h6,8H,3-5,7H2,1-2H3,(H2,13,14,15,16,17). The highest BCUT2D eigenvalue weighted by Crippen LogP contribution is 2.29. The average molecular weight is 278 g/mol. The number of aromatic amines is 1. The molecule has 0 saturated carbocycles.